The molecule has 2 nitrogen and oxygen atoms in total. The lowest BCUT2D eigenvalue weighted by atomic mass is 9.99. The first-order chi connectivity index (χ1) is 9.31. The third-order valence-electron chi connectivity index (χ3n) is 3.36. The van der Waals surface area contributed by atoms with Gasteiger partial charge in [0.25, 0.3) is 0 Å². The predicted molar refractivity (Wildman–Crippen MR) is 80.2 cm³/mol. The van der Waals surface area contributed by atoms with Crippen molar-refractivity contribution in [1.29, 1.82) is 0 Å². The van der Waals surface area contributed by atoms with Crippen molar-refractivity contribution in [2.75, 3.05) is 6.54 Å². The molecule has 0 radical (unpaired) electrons. The molecule has 0 fully saturated rings. The molecule has 2 heteroatoms. The molecule has 1 atom stereocenters. The summed E-state index contributed by atoms with van der Waals surface area (Å²) >= 11 is 0. The summed E-state index contributed by atoms with van der Waals surface area (Å²) in [5.41, 5.74) is 3.78. The van der Waals surface area contributed by atoms with Crippen LogP contribution in [-0.4, -0.2) is 11.5 Å². The molecule has 1 unspecified atom stereocenters. The Hall–Kier alpha value is -1.67. The Labute approximate surface area is 115 Å². The van der Waals surface area contributed by atoms with Crippen LogP contribution < -0.4 is 5.32 Å². The largest absolute Gasteiger partial charge is 0.310 e. The van der Waals surface area contributed by atoms with Gasteiger partial charge in [0.15, 0.2) is 0 Å². The maximum atomic E-state index is 4.51. The summed E-state index contributed by atoms with van der Waals surface area (Å²) in [4.78, 5) is 4.51. The van der Waals surface area contributed by atoms with Gasteiger partial charge >= 0.3 is 0 Å². The topological polar surface area (TPSA) is 24.9 Å². The smallest absolute Gasteiger partial charge is 0.0451 e. The summed E-state index contributed by atoms with van der Waals surface area (Å²) < 4.78 is 0. The molecule has 0 aliphatic carbocycles. The SMILES string of the molecule is CCCNC(Cc1ncccc1C)c1ccccc1. The molecule has 0 spiro atoms. The van der Waals surface area contributed by atoms with Crippen molar-refractivity contribution in [3.8, 4) is 0 Å². The monoisotopic (exact) mass is 254 g/mol. The van der Waals surface area contributed by atoms with Gasteiger partial charge in [0.05, 0.1) is 0 Å². The summed E-state index contributed by atoms with van der Waals surface area (Å²) in [6, 6.07) is 15.1. The van der Waals surface area contributed by atoms with Gasteiger partial charge in [0.1, 0.15) is 0 Å². The second-order valence-electron chi connectivity index (χ2n) is 4.89. The van der Waals surface area contributed by atoms with Crippen LogP contribution in [0.15, 0.2) is 48.7 Å². The maximum Gasteiger partial charge on any atom is 0.0451 e. The van der Waals surface area contributed by atoms with Gasteiger partial charge < -0.3 is 5.32 Å². The molecule has 19 heavy (non-hydrogen) atoms. The molecule has 1 heterocycles. The van der Waals surface area contributed by atoms with E-state index in [9.17, 15) is 0 Å². The van der Waals surface area contributed by atoms with Gasteiger partial charge in [0.2, 0.25) is 0 Å². The zero-order chi connectivity index (χ0) is 13.5. The Balaban J connectivity index is 2.17. The third kappa shape index (κ3) is 3.90. The Morgan fingerprint density at radius 1 is 1.11 bits per heavy atom. The number of nitrogens with one attached hydrogen (secondary N) is 1. The van der Waals surface area contributed by atoms with Crippen molar-refractivity contribution in [1.82, 2.24) is 10.3 Å². The average molecular weight is 254 g/mol. The summed E-state index contributed by atoms with van der Waals surface area (Å²) in [5, 5.41) is 3.62. The zero-order valence-corrected chi connectivity index (χ0v) is 11.8. The Kier molecular flexibility index (Phi) is 5.10. The number of aromatic nitrogens is 1. The van der Waals surface area contributed by atoms with Crippen LogP contribution in [0.1, 0.15) is 36.2 Å². The summed E-state index contributed by atoms with van der Waals surface area (Å²) in [7, 11) is 0. The lowest BCUT2D eigenvalue weighted by molar-refractivity contribution is 0.523. The molecular formula is C17H22N2. The molecule has 100 valence electrons. The van der Waals surface area contributed by atoms with Gasteiger partial charge in [0, 0.05) is 24.4 Å². The van der Waals surface area contributed by atoms with Crippen molar-refractivity contribution in [3.63, 3.8) is 0 Å². The van der Waals surface area contributed by atoms with E-state index in [0.29, 0.717) is 6.04 Å². The number of hydrogen-bond donors (Lipinski definition) is 1. The number of hydrogen-bond acceptors (Lipinski definition) is 2. The van der Waals surface area contributed by atoms with E-state index in [1.807, 2.05) is 12.3 Å². The van der Waals surface area contributed by atoms with E-state index in [4.69, 9.17) is 0 Å². The van der Waals surface area contributed by atoms with E-state index in [0.717, 1.165) is 19.4 Å². The summed E-state index contributed by atoms with van der Waals surface area (Å²) in [5.74, 6) is 0. The van der Waals surface area contributed by atoms with E-state index < -0.39 is 0 Å². The molecule has 1 aromatic heterocycles. The van der Waals surface area contributed by atoms with Crippen molar-refractivity contribution >= 4 is 0 Å². The Morgan fingerprint density at radius 3 is 2.58 bits per heavy atom. The first-order valence-corrected chi connectivity index (χ1v) is 7.00. The van der Waals surface area contributed by atoms with Crippen LogP contribution >= 0.6 is 0 Å². The van der Waals surface area contributed by atoms with Gasteiger partial charge in [-0.3, -0.25) is 4.98 Å². The molecule has 1 aromatic carbocycles. The quantitative estimate of drug-likeness (QED) is 0.850. The van der Waals surface area contributed by atoms with Crippen molar-refractivity contribution in [2.24, 2.45) is 0 Å². The van der Waals surface area contributed by atoms with Gasteiger partial charge in [-0.25, -0.2) is 0 Å². The molecular weight excluding hydrogens is 232 g/mol. The molecule has 0 saturated heterocycles. The van der Waals surface area contributed by atoms with Crippen LogP contribution in [0.2, 0.25) is 0 Å². The Morgan fingerprint density at radius 2 is 1.89 bits per heavy atom. The minimum atomic E-state index is 0.342. The van der Waals surface area contributed by atoms with Gasteiger partial charge in [-0.15, -0.1) is 0 Å². The van der Waals surface area contributed by atoms with Crippen LogP contribution in [0.4, 0.5) is 0 Å². The maximum absolute atomic E-state index is 4.51. The third-order valence-corrected chi connectivity index (χ3v) is 3.36. The van der Waals surface area contributed by atoms with Crippen molar-refractivity contribution < 1.29 is 0 Å². The number of benzene rings is 1. The van der Waals surface area contributed by atoms with Crippen molar-refractivity contribution in [3.05, 3.63) is 65.5 Å². The van der Waals surface area contributed by atoms with Crippen LogP contribution in [0, 0.1) is 6.92 Å². The predicted octanol–water partition coefficient (Wildman–Crippen LogP) is 3.67. The van der Waals surface area contributed by atoms with Crippen LogP contribution in [0.25, 0.3) is 0 Å². The minimum Gasteiger partial charge on any atom is -0.310 e. The number of aryl methyl sites for hydroxylation is 1. The van der Waals surface area contributed by atoms with E-state index in [2.05, 4.69) is 60.5 Å². The molecule has 2 rings (SSSR count). The second kappa shape index (κ2) is 7.05. The van der Waals surface area contributed by atoms with Crippen LogP contribution in [0.5, 0.6) is 0 Å². The lowest BCUT2D eigenvalue weighted by Gasteiger charge is -2.19. The van der Waals surface area contributed by atoms with E-state index >= 15 is 0 Å². The first kappa shape index (κ1) is 13.8. The summed E-state index contributed by atoms with van der Waals surface area (Å²) in [6.45, 7) is 5.36. The Bertz CT molecular complexity index is 494. The fraction of sp³-hybridized carbons (Fsp3) is 0.353. The number of rotatable bonds is 6. The summed E-state index contributed by atoms with van der Waals surface area (Å²) in [6.07, 6.45) is 3.96. The lowest BCUT2D eigenvalue weighted by Crippen LogP contribution is -2.24. The highest BCUT2D eigenvalue weighted by atomic mass is 14.9. The molecule has 0 saturated carbocycles. The van der Waals surface area contributed by atoms with Gasteiger partial charge in [-0.05, 0) is 37.1 Å². The van der Waals surface area contributed by atoms with E-state index in [-0.39, 0.29) is 0 Å². The highest BCUT2D eigenvalue weighted by molar-refractivity contribution is 5.24. The highest BCUT2D eigenvalue weighted by Crippen LogP contribution is 2.19. The molecule has 0 bridgehead atoms. The second-order valence-corrected chi connectivity index (χ2v) is 4.89. The zero-order valence-electron chi connectivity index (χ0n) is 11.8. The number of pyridine rings is 1. The van der Waals surface area contributed by atoms with Crippen LogP contribution in [0.3, 0.4) is 0 Å². The van der Waals surface area contributed by atoms with Gasteiger partial charge in [-0.2, -0.15) is 0 Å². The highest BCUT2D eigenvalue weighted by Gasteiger charge is 2.12. The molecule has 1 N–H and O–H groups in total. The minimum absolute atomic E-state index is 0.342. The molecule has 2 aromatic rings. The van der Waals surface area contributed by atoms with E-state index in [1.54, 1.807) is 0 Å². The van der Waals surface area contributed by atoms with Gasteiger partial charge in [-0.1, -0.05) is 43.3 Å². The average Bonchev–Trinajstić information content (AvgIpc) is 2.46. The molecule has 0 aliphatic heterocycles. The van der Waals surface area contributed by atoms with Crippen LogP contribution in [-0.2, 0) is 6.42 Å². The van der Waals surface area contributed by atoms with E-state index in [1.165, 1.54) is 16.8 Å². The fourth-order valence-corrected chi connectivity index (χ4v) is 2.24. The number of nitrogens with zero attached hydrogens (tertiary/aromatic N) is 1. The molecule has 0 aliphatic rings. The normalized spacial score (nSPS) is 12.3. The molecule has 0 amide bonds. The fourth-order valence-electron chi connectivity index (χ4n) is 2.24. The first-order valence-electron chi connectivity index (χ1n) is 7.00. The van der Waals surface area contributed by atoms with Crippen molar-refractivity contribution in [2.45, 2.75) is 32.7 Å². The standard InChI is InChI=1S/C17H22N2/c1-3-11-18-17(15-9-5-4-6-10-15)13-16-14(2)8-7-12-19-16/h4-10,12,17-18H,3,11,13H2,1-2H3.